The maximum absolute atomic E-state index is 12.1. The van der Waals surface area contributed by atoms with Gasteiger partial charge in [0.2, 0.25) is 0 Å². The highest BCUT2D eigenvalue weighted by molar-refractivity contribution is 5.75. The smallest absolute Gasteiger partial charge is 0.335 e. The summed E-state index contributed by atoms with van der Waals surface area (Å²) in [7, 11) is 0. The molecule has 0 spiro atoms. The Labute approximate surface area is 139 Å². The standard InChI is InChI=1S/C19H28O4/c1-7-9-23-16(18(21)22-8-2)12-14-10-13(3)17(20)15(11-14)19(4,5)6/h7,10-11,16,20H,1,8-9,12H2,2-6H3. The Morgan fingerprint density at radius 1 is 1.39 bits per heavy atom. The number of phenols is 1. The first-order valence-corrected chi connectivity index (χ1v) is 7.92. The lowest BCUT2D eigenvalue weighted by atomic mass is 9.83. The van der Waals surface area contributed by atoms with Crippen LogP contribution in [0.3, 0.4) is 0 Å². The fraction of sp³-hybridized carbons (Fsp3) is 0.526. The second-order valence-electron chi connectivity index (χ2n) is 6.63. The molecule has 0 fully saturated rings. The Morgan fingerprint density at radius 2 is 2.04 bits per heavy atom. The van der Waals surface area contributed by atoms with Crippen LogP contribution in [0.2, 0.25) is 0 Å². The molecule has 1 atom stereocenters. The van der Waals surface area contributed by atoms with E-state index in [2.05, 4.69) is 6.58 Å². The van der Waals surface area contributed by atoms with Crippen LogP contribution in [0.4, 0.5) is 0 Å². The summed E-state index contributed by atoms with van der Waals surface area (Å²) in [6.07, 6.45) is 1.33. The van der Waals surface area contributed by atoms with Crippen molar-refractivity contribution in [2.24, 2.45) is 0 Å². The van der Waals surface area contributed by atoms with E-state index >= 15 is 0 Å². The topological polar surface area (TPSA) is 55.8 Å². The Hall–Kier alpha value is -1.81. The van der Waals surface area contributed by atoms with Crippen LogP contribution in [0, 0.1) is 6.92 Å². The van der Waals surface area contributed by atoms with E-state index in [1.165, 1.54) is 0 Å². The van der Waals surface area contributed by atoms with Gasteiger partial charge in [0, 0.05) is 6.42 Å². The number of phenolic OH excluding ortho intramolecular Hbond substituents is 1. The zero-order valence-corrected chi connectivity index (χ0v) is 14.8. The van der Waals surface area contributed by atoms with Crippen LogP contribution in [0.1, 0.15) is 44.4 Å². The molecule has 23 heavy (non-hydrogen) atoms. The Bertz CT molecular complexity index is 555. The third-order valence-electron chi connectivity index (χ3n) is 3.55. The van der Waals surface area contributed by atoms with E-state index in [0.29, 0.717) is 18.8 Å². The average Bonchev–Trinajstić information content (AvgIpc) is 2.45. The summed E-state index contributed by atoms with van der Waals surface area (Å²) >= 11 is 0. The number of ether oxygens (including phenoxy) is 2. The molecule has 1 rings (SSSR count). The molecule has 1 N–H and O–H groups in total. The molecular formula is C19H28O4. The van der Waals surface area contributed by atoms with Gasteiger partial charge in [0.05, 0.1) is 13.2 Å². The summed E-state index contributed by atoms with van der Waals surface area (Å²) in [5.41, 5.74) is 2.40. The van der Waals surface area contributed by atoms with Crippen molar-refractivity contribution in [3.63, 3.8) is 0 Å². The van der Waals surface area contributed by atoms with Gasteiger partial charge >= 0.3 is 5.97 Å². The van der Waals surface area contributed by atoms with E-state index in [9.17, 15) is 9.90 Å². The first kappa shape index (κ1) is 19.2. The molecule has 0 aromatic heterocycles. The van der Waals surface area contributed by atoms with E-state index in [-0.39, 0.29) is 18.0 Å². The molecule has 4 nitrogen and oxygen atoms in total. The Morgan fingerprint density at radius 3 is 2.57 bits per heavy atom. The normalized spacial score (nSPS) is 12.7. The third kappa shape index (κ3) is 5.39. The van der Waals surface area contributed by atoms with Gasteiger partial charge in [-0.1, -0.05) is 39.0 Å². The molecule has 1 unspecified atom stereocenters. The number of hydrogen-bond acceptors (Lipinski definition) is 4. The van der Waals surface area contributed by atoms with Gasteiger partial charge in [-0.05, 0) is 36.0 Å². The Balaban J connectivity index is 3.10. The number of hydrogen-bond donors (Lipinski definition) is 1. The van der Waals surface area contributed by atoms with Gasteiger partial charge in [0.1, 0.15) is 5.75 Å². The van der Waals surface area contributed by atoms with E-state index in [0.717, 1.165) is 16.7 Å². The van der Waals surface area contributed by atoms with Gasteiger partial charge in [-0.2, -0.15) is 0 Å². The van der Waals surface area contributed by atoms with Gasteiger partial charge in [-0.3, -0.25) is 0 Å². The van der Waals surface area contributed by atoms with Gasteiger partial charge in [-0.15, -0.1) is 6.58 Å². The first-order valence-electron chi connectivity index (χ1n) is 7.92. The highest BCUT2D eigenvalue weighted by atomic mass is 16.6. The van der Waals surface area contributed by atoms with Crippen molar-refractivity contribution >= 4 is 5.97 Å². The fourth-order valence-corrected chi connectivity index (χ4v) is 2.39. The zero-order valence-electron chi connectivity index (χ0n) is 14.8. The molecule has 0 amide bonds. The molecule has 0 bridgehead atoms. The molecule has 0 radical (unpaired) electrons. The van der Waals surface area contributed by atoms with Crippen LogP contribution >= 0.6 is 0 Å². The second-order valence-corrected chi connectivity index (χ2v) is 6.63. The number of benzene rings is 1. The van der Waals surface area contributed by atoms with Crippen molar-refractivity contribution in [2.45, 2.75) is 52.6 Å². The molecule has 128 valence electrons. The minimum atomic E-state index is -0.676. The van der Waals surface area contributed by atoms with Gasteiger partial charge in [0.25, 0.3) is 0 Å². The summed E-state index contributed by atoms with van der Waals surface area (Å²) in [6, 6.07) is 3.82. The molecule has 0 saturated carbocycles. The lowest BCUT2D eigenvalue weighted by Gasteiger charge is -2.23. The lowest BCUT2D eigenvalue weighted by Crippen LogP contribution is -2.29. The largest absolute Gasteiger partial charge is 0.507 e. The van der Waals surface area contributed by atoms with Crippen molar-refractivity contribution in [3.8, 4) is 5.75 Å². The number of aryl methyl sites for hydroxylation is 1. The summed E-state index contributed by atoms with van der Waals surface area (Å²) in [6.45, 7) is 14.0. The van der Waals surface area contributed by atoms with Crippen molar-refractivity contribution in [2.75, 3.05) is 13.2 Å². The third-order valence-corrected chi connectivity index (χ3v) is 3.55. The monoisotopic (exact) mass is 320 g/mol. The maximum Gasteiger partial charge on any atom is 0.335 e. The maximum atomic E-state index is 12.1. The minimum absolute atomic E-state index is 0.188. The number of rotatable bonds is 7. The van der Waals surface area contributed by atoms with Crippen LogP contribution in [-0.4, -0.2) is 30.4 Å². The van der Waals surface area contributed by atoms with Crippen molar-refractivity contribution in [3.05, 3.63) is 41.5 Å². The predicted octanol–water partition coefficient (Wildman–Crippen LogP) is 3.67. The molecule has 0 aliphatic rings. The molecule has 1 aromatic rings. The molecule has 1 aromatic carbocycles. The highest BCUT2D eigenvalue weighted by Crippen LogP contribution is 2.34. The summed E-state index contributed by atoms with van der Waals surface area (Å²) < 4.78 is 10.6. The number of aromatic hydroxyl groups is 1. The average molecular weight is 320 g/mol. The van der Waals surface area contributed by atoms with E-state index < -0.39 is 6.10 Å². The van der Waals surface area contributed by atoms with Crippen LogP contribution in [0.15, 0.2) is 24.8 Å². The van der Waals surface area contributed by atoms with Gasteiger partial charge in [0.15, 0.2) is 6.10 Å². The van der Waals surface area contributed by atoms with Crippen molar-refractivity contribution in [1.82, 2.24) is 0 Å². The summed E-state index contributed by atoms with van der Waals surface area (Å²) in [5.74, 6) is -0.0710. The minimum Gasteiger partial charge on any atom is -0.507 e. The van der Waals surface area contributed by atoms with Crippen LogP contribution < -0.4 is 0 Å². The zero-order chi connectivity index (χ0) is 17.6. The highest BCUT2D eigenvalue weighted by Gasteiger charge is 2.24. The SMILES string of the molecule is C=CCOC(Cc1cc(C)c(O)c(C(C)(C)C)c1)C(=O)OCC. The molecule has 4 heteroatoms. The van der Waals surface area contributed by atoms with E-state index in [1.807, 2.05) is 39.8 Å². The Kier molecular flexibility index (Phi) is 6.82. The fourth-order valence-electron chi connectivity index (χ4n) is 2.39. The van der Waals surface area contributed by atoms with Crippen LogP contribution in [-0.2, 0) is 26.1 Å². The second kappa shape index (κ2) is 8.16. The van der Waals surface area contributed by atoms with E-state index in [1.54, 1.807) is 13.0 Å². The van der Waals surface area contributed by atoms with Gasteiger partial charge in [-0.25, -0.2) is 4.79 Å². The summed E-state index contributed by atoms with van der Waals surface area (Å²) in [5, 5.41) is 10.3. The number of carbonyl (C=O) groups excluding carboxylic acids is 1. The molecule has 0 saturated heterocycles. The van der Waals surface area contributed by atoms with Crippen molar-refractivity contribution < 1.29 is 19.4 Å². The molecular weight excluding hydrogens is 292 g/mol. The van der Waals surface area contributed by atoms with Crippen LogP contribution in [0.5, 0.6) is 5.75 Å². The number of esters is 1. The predicted molar refractivity (Wildman–Crippen MR) is 91.8 cm³/mol. The lowest BCUT2D eigenvalue weighted by molar-refractivity contribution is -0.155. The van der Waals surface area contributed by atoms with Crippen LogP contribution in [0.25, 0.3) is 0 Å². The number of carbonyl (C=O) groups is 1. The summed E-state index contributed by atoms with van der Waals surface area (Å²) in [4.78, 5) is 12.1. The molecule has 0 aliphatic carbocycles. The van der Waals surface area contributed by atoms with E-state index in [4.69, 9.17) is 9.47 Å². The first-order chi connectivity index (χ1) is 10.7. The molecule has 0 aliphatic heterocycles. The van der Waals surface area contributed by atoms with Gasteiger partial charge < -0.3 is 14.6 Å². The quantitative estimate of drug-likeness (QED) is 0.615. The molecule has 0 heterocycles. The van der Waals surface area contributed by atoms with Crippen molar-refractivity contribution in [1.29, 1.82) is 0 Å².